The quantitative estimate of drug-likeness (QED) is 0.898. The van der Waals surface area contributed by atoms with Crippen LogP contribution in [0.5, 0.6) is 0 Å². The molecule has 1 fully saturated rings. The average molecular weight is 288 g/mol. The van der Waals surface area contributed by atoms with Crippen LogP contribution in [0.15, 0.2) is 10.7 Å². The molecule has 1 N–H and O–H groups in total. The van der Waals surface area contributed by atoms with E-state index < -0.39 is 5.60 Å². The third-order valence-electron chi connectivity index (χ3n) is 3.20. The Morgan fingerprint density at radius 1 is 1.62 bits per heavy atom. The summed E-state index contributed by atoms with van der Waals surface area (Å²) in [6.07, 6.45) is 3.60. The van der Waals surface area contributed by atoms with Crippen molar-refractivity contribution in [1.82, 2.24) is 14.7 Å². The van der Waals surface area contributed by atoms with Crippen molar-refractivity contribution in [2.45, 2.75) is 31.9 Å². The fraction of sp³-hybridized carbons (Fsp3) is 0.727. The van der Waals surface area contributed by atoms with Gasteiger partial charge in [0.25, 0.3) is 0 Å². The maximum absolute atomic E-state index is 10.8. The second kappa shape index (κ2) is 4.47. The van der Waals surface area contributed by atoms with Crippen LogP contribution in [-0.4, -0.2) is 39.9 Å². The van der Waals surface area contributed by atoms with Crippen LogP contribution in [0.25, 0.3) is 0 Å². The number of aromatic nitrogens is 2. The molecule has 0 bridgehead atoms. The van der Waals surface area contributed by atoms with Gasteiger partial charge in [0.05, 0.1) is 16.4 Å². The van der Waals surface area contributed by atoms with E-state index in [9.17, 15) is 5.11 Å². The number of hydrogen-bond donors (Lipinski definition) is 1. The highest BCUT2D eigenvalue weighted by Crippen LogP contribution is 2.35. The van der Waals surface area contributed by atoms with Gasteiger partial charge in [0.2, 0.25) is 0 Å². The second-order valence-corrected chi connectivity index (χ2v) is 5.38. The van der Waals surface area contributed by atoms with Crippen LogP contribution >= 0.6 is 15.9 Å². The Bertz CT molecular complexity index is 379. The zero-order valence-corrected chi connectivity index (χ0v) is 11.4. The predicted octanol–water partition coefficient (Wildman–Crippen LogP) is 1.58. The number of likely N-dealkylation sites (N-methyl/N-ethyl adjacent to an activating group) is 1. The number of nitrogens with zero attached hydrogens (tertiary/aromatic N) is 3. The van der Waals surface area contributed by atoms with Gasteiger partial charge >= 0.3 is 0 Å². The van der Waals surface area contributed by atoms with Crippen LogP contribution in [0.1, 0.15) is 25.5 Å². The van der Waals surface area contributed by atoms with Gasteiger partial charge in [-0.25, -0.2) is 0 Å². The summed E-state index contributed by atoms with van der Waals surface area (Å²) in [7, 11) is 2.05. The van der Waals surface area contributed by atoms with E-state index in [0.29, 0.717) is 6.54 Å². The van der Waals surface area contributed by atoms with Crippen molar-refractivity contribution in [3.63, 3.8) is 0 Å². The van der Waals surface area contributed by atoms with Gasteiger partial charge in [-0.1, -0.05) is 0 Å². The minimum absolute atomic E-state index is 0.678. The molecule has 2 heterocycles. The van der Waals surface area contributed by atoms with Crippen molar-refractivity contribution in [3.8, 4) is 0 Å². The van der Waals surface area contributed by atoms with E-state index in [-0.39, 0.29) is 0 Å². The van der Waals surface area contributed by atoms with Crippen molar-refractivity contribution < 1.29 is 5.11 Å². The van der Waals surface area contributed by atoms with Crippen LogP contribution in [0, 0.1) is 0 Å². The molecule has 4 nitrogen and oxygen atoms in total. The molecule has 0 aliphatic carbocycles. The lowest BCUT2D eigenvalue weighted by Crippen LogP contribution is -2.45. The number of rotatable bonds is 2. The molecule has 1 aliphatic heterocycles. The van der Waals surface area contributed by atoms with Crippen LogP contribution in [0.2, 0.25) is 0 Å². The number of hydrogen-bond acceptors (Lipinski definition) is 3. The minimum Gasteiger partial charge on any atom is -0.382 e. The van der Waals surface area contributed by atoms with Gasteiger partial charge in [0.15, 0.2) is 0 Å². The number of piperidine rings is 1. The SMILES string of the molecule is CCn1ncc(Br)c1C1(O)CCCN(C)C1. The van der Waals surface area contributed by atoms with Gasteiger partial charge in [-0.3, -0.25) is 4.68 Å². The molecular formula is C11H18BrN3O. The first kappa shape index (κ1) is 12.1. The van der Waals surface area contributed by atoms with Gasteiger partial charge < -0.3 is 10.0 Å². The van der Waals surface area contributed by atoms with E-state index >= 15 is 0 Å². The average Bonchev–Trinajstić information content (AvgIpc) is 2.59. The maximum Gasteiger partial charge on any atom is 0.120 e. The number of likely N-dealkylation sites (tertiary alicyclic amines) is 1. The molecule has 5 heteroatoms. The largest absolute Gasteiger partial charge is 0.382 e. The fourth-order valence-corrected chi connectivity index (χ4v) is 3.17. The normalized spacial score (nSPS) is 27.2. The summed E-state index contributed by atoms with van der Waals surface area (Å²) in [5.41, 5.74) is 0.153. The molecule has 0 spiro atoms. The lowest BCUT2D eigenvalue weighted by Gasteiger charge is -2.37. The Balaban J connectivity index is 2.37. The molecule has 0 radical (unpaired) electrons. The summed E-state index contributed by atoms with van der Waals surface area (Å²) in [5.74, 6) is 0. The smallest absolute Gasteiger partial charge is 0.120 e. The van der Waals surface area contributed by atoms with Crippen LogP contribution in [-0.2, 0) is 12.1 Å². The molecule has 1 atom stereocenters. The van der Waals surface area contributed by atoms with E-state index in [4.69, 9.17) is 0 Å². The Morgan fingerprint density at radius 2 is 2.38 bits per heavy atom. The maximum atomic E-state index is 10.8. The third-order valence-corrected chi connectivity index (χ3v) is 3.78. The van der Waals surface area contributed by atoms with Gasteiger partial charge in [0.1, 0.15) is 5.60 Å². The molecule has 0 saturated carbocycles. The molecule has 1 aromatic heterocycles. The van der Waals surface area contributed by atoms with Crippen molar-refractivity contribution in [2.75, 3.05) is 20.1 Å². The first-order chi connectivity index (χ1) is 7.57. The standard InChI is InChI=1S/C11H18BrN3O/c1-3-15-10(9(12)7-13-15)11(16)5-4-6-14(2)8-11/h7,16H,3-6,8H2,1-2H3. The van der Waals surface area contributed by atoms with Gasteiger partial charge in [-0.05, 0) is 49.3 Å². The van der Waals surface area contributed by atoms with Crippen molar-refractivity contribution in [2.24, 2.45) is 0 Å². The predicted molar refractivity (Wildman–Crippen MR) is 66.2 cm³/mol. The number of β-amino-alcohol motifs (C(OH)–C–C–N with tert-alkyl or cyclic N) is 1. The molecule has 16 heavy (non-hydrogen) atoms. The number of aliphatic hydroxyl groups is 1. The summed E-state index contributed by atoms with van der Waals surface area (Å²) in [5, 5.41) is 15.0. The molecule has 0 amide bonds. The van der Waals surface area contributed by atoms with E-state index in [1.165, 1.54) is 0 Å². The van der Waals surface area contributed by atoms with E-state index in [2.05, 4.69) is 25.9 Å². The Labute approximate surface area is 104 Å². The highest BCUT2D eigenvalue weighted by atomic mass is 79.9. The van der Waals surface area contributed by atoms with Crippen molar-refractivity contribution in [1.29, 1.82) is 0 Å². The van der Waals surface area contributed by atoms with E-state index in [1.807, 2.05) is 18.7 Å². The topological polar surface area (TPSA) is 41.3 Å². The summed E-state index contributed by atoms with van der Waals surface area (Å²) < 4.78 is 2.79. The molecule has 2 rings (SSSR count). The summed E-state index contributed by atoms with van der Waals surface area (Å²) in [6, 6.07) is 0. The number of halogens is 1. The monoisotopic (exact) mass is 287 g/mol. The van der Waals surface area contributed by atoms with Gasteiger partial charge in [-0.15, -0.1) is 0 Å². The Hall–Kier alpha value is -0.390. The molecule has 0 aromatic carbocycles. The molecule has 1 aromatic rings. The second-order valence-electron chi connectivity index (χ2n) is 4.53. The van der Waals surface area contributed by atoms with Crippen LogP contribution in [0.4, 0.5) is 0 Å². The summed E-state index contributed by atoms with van der Waals surface area (Å²) in [6.45, 7) is 4.56. The first-order valence-corrected chi connectivity index (χ1v) is 6.49. The molecule has 1 aliphatic rings. The summed E-state index contributed by atoms with van der Waals surface area (Å²) in [4.78, 5) is 2.17. The van der Waals surface area contributed by atoms with E-state index in [1.54, 1.807) is 6.20 Å². The van der Waals surface area contributed by atoms with Crippen molar-refractivity contribution >= 4 is 15.9 Å². The first-order valence-electron chi connectivity index (χ1n) is 5.69. The molecule has 1 unspecified atom stereocenters. The zero-order valence-electron chi connectivity index (χ0n) is 9.78. The van der Waals surface area contributed by atoms with Crippen LogP contribution in [0.3, 0.4) is 0 Å². The molecule has 90 valence electrons. The Kier molecular flexibility index (Phi) is 3.37. The van der Waals surface area contributed by atoms with Gasteiger partial charge in [0, 0.05) is 13.1 Å². The lowest BCUT2D eigenvalue weighted by molar-refractivity contribution is -0.0351. The van der Waals surface area contributed by atoms with Crippen molar-refractivity contribution in [3.05, 3.63) is 16.4 Å². The molecular weight excluding hydrogens is 270 g/mol. The Morgan fingerprint density at radius 3 is 3.00 bits per heavy atom. The lowest BCUT2D eigenvalue weighted by atomic mass is 9.90. The zero-order chi connectivity index (χ0) is 11.8. The highest BCUT2D eigenvalue weighted by Gasteiger charge is 2.38. The van der Waals surface area contributed by atoms with Gasteiger partial charge in [-0.2, -0.15) is 5.10 Å². The third kappa shape index (κ3) is 2.04. The minimum atomic E-state index is -0.766. The fourth-order valence-electron chi connectivity index (χ4n) is 2.50. The number of aryl methyl sites for hydroxylation is 1. The summed E-state index contributed by atoms with van der Waals surface area (Å²) >= 11 is 3.49. The molecule has 1 saturated heterocycles. The highest BCUT2D eigenvalue weighted by molar-refractivity contribution is 9.10. The van der Waals surface area contributed by atoms with E-state index in [0.717, 1.165) is 36.1 Å². The van der Waals surface area contributed by atoms with Crippen LogP contribution < -0.4 is 0 Å².